The van der Waals surface area contributed by atoms with Crippen LogP contribution in [0.2, 0.25) is 5.02 Å². The van der Waals surface area contributed by atoms with E-state index < -0.39 is 0 Å². The summed E-state index contributed by atoms with van der Waals surface area (Å²) in [5.74, 6) is 0. The minimum atomic E-state index is 0. The van der Waals surface area contributed by atoms with E-state index in [0.717, 1.165) is 39.9 Å². The Morgan fingerprint density at radius 1 is 1.14 bits per heavy atom. The van der Waals surface area contributed by atoms with E-state index in [1.807, 2.05) is 37.7 Å². The van der Waals surface area contributed by atoms with E-state index in [2.05, 4.69) is 48.2 Å². The van der Waals surface area contributed by atoms with Crippen molar-refractivity contribution in [2.75, 3.05) is 13.6 Å². The van der Waals surface area contributed by atoms with Gasteiger partial charge in [0.05, 0.1) is 22.7 Å². The third-order valence-corrected chi connectivity index (χ3v) is 5.68. The number of hydrogen-bond acceptors (Lipinski definition) is 3. The average Bonchev–Trinajstić information content (AvgIpc) is 3.12. The number of benzene rings is 2. The van der Waals surface area contributed by atoms with Crippen molar-refractivity contribution in [3.63, 3.8) is 0 Å². The zero-order valence-electron chi connectivity index (χ0n) is 16.6. The van der Waals surface area contributed by atoms with Crippen molar-refractivity contribution < 1.29 is 0 Å². The summed E-state index contributed by atoms with van der Waals surface area (Å²) in [5, 5.41) is 3.97. The van der Waals surface area contributed by atoms with Crippen LogP contribution in [0, 0.1) is 13.8 Å². The fraction of sp³-hybridized carbons (Fsp3) is 0.273. The number of aryl methyl sites for hydroxylation is 2. The maximum atomic E-state index is 5.97. The first-order valence-electron chi connectivity index (χ1n) is 9.01. The molecule has 0 radical (unpaired) electrons. The molecular weight excluding hydrogens is 409 g/mol. The molecule has 0 saturated heterocycles. The second kappa shape index (κ2) is 10.1. The van der Waals surface area contributed by atoms with Crippen LogP contribution in [-0.4, -0.2) is 29.8 Å². The molecule has 0 aliphatic heterocycles. The fourth-order valence-electron chi connectivity index (χ4n) is 2.74. The highest BCUT2D eigenvalue weighted by Crippen LogP contribution is 2.28. The van der Waals surface area contributed by atoms with Crippen molar-refractivity contribution in [2.45, 2.75) is 27.2 Å². The number of thiazole rings is 1. The normalized spacial score (nSPS) is 10.9. The molecule has 3 aromatic rings. The molecule has 148 valence electrons. The van der Waals surface area contributed by atoms with Crippen molar-refractivity contribution >= 4 is 47.4 Å². The van der Waals surface area contributed by atoms with Gasteiger partial charge in [0.2, 0.25) is 0 Å². The summed E-state index contributed by atoms with van der Waals surface area (Å²) < 4.78 is 0. The molecule has 1 heterocycles. The van der Waals surface area contributed by atoms with Gasteiger partial charge in [0.15, 0.2) is 0 Å². The lowest BCUT2D eigenvalue weighted by Gasteiger charge is -2.11. The first-order valence-corrected chi connectivity index (χ1v) is 10.3. The van der Waals surface area contributed by atoms with Gasteiger partial charge in [-0.05, 0) is 55.7 Å². The van der Waals surface area contributed by atoms with Gasteiger partial charge in [0.1, 0.15) is 0 Å². The summed E-state index contributed by atoms with van der Waals surface area (Å²) in [7, 11) is 2.03. The lowest BCUT2D eigenvalue weighted by molar-refractivity contribution is 0.552. The van der Waals surface area contributed by atoms with Crippen LogP contribution in [0.4, 0.5) is 5.69 Å². The van der Waals surface area contributed by atoms with Crippen molar-refractivity contribution in [1.29, 1.82) is 0 Å². The predicted molar refractivity (Wildman–Crippen MR) is 125 cm³/mol. The van der Waals surface area contributed by atoms with E-state index >= 15 is 0 Å². The van der Waals surface area contributed by atoms with Gasteiger partial charge in [0, 0.05) is 36.0 Å². The maximum absolute atomic E-state index is 5.97. The van der Waals surface area contributed by atoms with Crippen molar-refractivity contribution in [2.24, 2.45) is 4.99 Å². The number of aliphatic imine (C=N–C) groups is 1. The van der Waals surface area contributed by atoms with E-state index in [0.29, 0.717) is 0 Å². The largest absolute Gasteiger partial charge is 0.366 e. The molecule has 0 amide bonds. The van der Waals surface area contributed by atoms with Crippen molar-refractivity contribution in [3.05, 3.63) is 68.5 Å². The Kier molecular flexibility index (Phi) is 8.05. The summed E-state index contributed by atoms with van der Waals surface area (Å²) in [6.45, 7) is 7.31. The van der Waals surface area contributed by atoms with E-state index in [4.69, 9.17) is 16.6 Å². The monoisotopic (exact) mass is 433 g/mol. The lowest BCUT2D eigenvalue weighted by atomic mass is 10.0. The molecule has 6 heteroatoms. The third-order valence-electron chi connectivity index (χ3n) is 4.58. The zero-order valence-corrected chi connectivity index (χ0v) is 19.0. The molecule has 0 aliphatic carbocycles. The Morgan fingerprint density at radius 3 is 2.54 bits per heavy atom. The number of aromatic nitrogens is 1. The fourth-order valence-corrected chi connectivity index (χ4v) is 3.69. The molecule has 1 aromatic heterocycles. The SMILES string of the molecule is CCN(C)/C=N\c1cc(C)c(Cc2nc(-c3ccc(Cl)cc3)cs2)cc1C.Cl. The summed E-state index contributed by atoms with van der Waals surface area (Å²) in [6.07, 6.45) is 2.73. The smallest absolute Gasteiger partial charge is 0.0976 e. The minimum absolute atomic E-state index is 0. The average molecular weight is 434 g/mol. The van der Waals surface area contributed by atoms with Gasteiger partial charge >= 0.3 is 0 Å². The number of rotatable bonds is 6. The van der Waals surface area contributed by atoms with Crippen molar-refractivity contribution in [1.82, 2.24) is 9.88 Å². The van der Waals surface area contributed by atoms with E-state index in [1.54, 1.807) is 11.3 Å². The summed E-state index contributed by atoms with van der Waals surface area (Å²) in [4.78, 5) is 11.5. The third kappa shape index (κ3) is 5.57. The first kappa shape index (κ1) is 22.4. The minimum Gasteiger partial charge on any atom is -0.366 e. The molecular formula is C22H25Cl2N3S. The molecule has 28 heavy (non-hydrogen) atoms. The summed E-state index contributed by atoms with van der Waals surface area (Å²) in [6, 6.07) is 12.2. The molecule has 2 aromatic carbocycles. The molecule has 0 atom stereocenters. The molecule has 0 fully saturated rings. The lowest BCUT2D eigenvalue weighted by Crippen LogP contribution is -2.14. The van der Waals surface area contributed by atoms with Gasteiger partial charge in [-0.15, -0.1) is 23.7 Å². The number of halogens is 2. The highest BCUT2D eigenvalue weighted by Gasteiger charge is 2.09. The molecule has 0 spiro atoms. The van der Waals surface area contributed by atoms with Gasteiger partial charge in [-0.1, -0.05) is 29.8 Å². The number of hydrogen-bond donors (Lipinski definition) is 0. The molecule has 0 saturated carbocycles. The summed E-state index contributed by atoms with van der Waals surface area (Å²) in [5.41, 5.74) is 6.86. The van der Waals surface area contributed by atoms with E-state index in [9.17, 15) is 0 Å². The highest BCUT2D eigenvalue weighted by atomic mass is 35.5. The van der Waals surface area contributed by atoms with Crippen LogP contribution in [0.25, 0.3) is 11.3 Å². The van der Waals surface area contributed by atoms with Crippen LogP contribution >= 0.6 is 35.3 Å². The Bertz CT molecular complexity index is 949. The predicted octanol–water partition coefficient (Wildman–Crippen LogP) is 6.70. The Balaban J connectivity index is 0.00000280. The Hall–Kier alpha value is -1.88. The van der Waals surface area contributed by atoms with Gasteiger partial charge in [-0.3, -0.25) is 0 Å². The van der Waals surface area contributed by atoms with Crippen LogP contribution in [-0.2, 0) is 6.42 Å². The van der Waals surface area contributed by atoms with Gasteiger partial charge in [-0.25, -0.2) is 9.98 Å². The molecule has 3 rings (SSSR count). The maximum Gasteiger partial charge on any atom is 0.0976 e. The quantitative estimate of drug-likeness (QED) is 0.319. The first-order chi connectivity index (χ1) is 13.0. The van der Waals surface area contributed by atoms with Crippen LogP contribution < -0.4 is 0 Å². The summed E-state index contributed by atoms with van der Waals surface area (Å²) >= 11 is 7.67. The Morgan fingerprint density at radius 2 is 1.86 bits per heavy atom. The molecule has 0 bridgehead atoms. The van der Waals surface area contributed by atoms with Gasteiger partial charge in [-0.2, -0.15) is 0 Å². The van der Waals surface area contributed by atoms with Gasteiger partial charge < -0.3 is 4.90 Å². The zero-order chi connectivity index (χ0) is 19.4. The van der Waals surface area contributed by atoms with E-state index in [-0.39, 0.29) is 12.4 Å². The van der Waals surface area contributed by atoms with Crippen LogP contribution in [0.1, 0.15) is 28.6 Å². The molecule has 0 N–H and O–H groups in total. The van der Waals surface area contributed by atoms with Crippen LogP contribution in [0.15, 0.2) is 46.8 Å². The second-order valence-corrected chi connectivity index (χ2v) is 8.07. The molecule has 3 nitrogen and oxygen atoms in total. The highest BCUT2D eigenvalue weighted by molar-refractivity contribution is 7.10. The van der Waals surface area contributed by atoms with Gasteiger partial charge in [0.25, 0.3) is 0 Å². The van der Waals surface area contributed by atoms with Crippen LogP contribution in [0.3, 0.4) is 0 Å². The van der Waals surface area contributed by atoms with Crippen LogP contribution in [0.5, 0.6) is 0 Å². The van der Waals surface area contributed by atoms with Crippen molar-refractivity contribution in [3.8, 4) is 11.3 Å². The Labute approximate surface area is 182 Å². The topological polar surface area (TPSA) is 28.5 Å². The number of nitrogens with zero attached hydrogens (tertiary/aromatic N) is 3. The molecule has 0 unspecified atom stereocenters. The van der Waals surface area contributed by atoms with E-state index in [1.165, 1.54) is 16.7 Å². The second-order valence-electron chi connectivity index (χ2n) is 6.69. The standard InChI is InChI=1S/C22H24ClN3S.ClH/c1-5-26(4)14-24-20-11-15(2)18(10-16(20)3)12-22-25-21(13-27-22)17-6-8-19(23)9-7-17;/h6-11,13-14H,5,12H2,1-4H3;1H/b24-14-;. The molecule has 0 aliphatic rings.